The van der Waals surface area contributed by atoms with Gasteiger partial charge in [-0.15, -0.1) is 0 Å². The fourth-order valence-electron chi connectivity index (χ4n) is 2.58. The van der Waals surface area contributed by atoms with Gasteiger partial charge in [0.05, 0.1) is 0 Å². The van der Waals surface area contributed by atoms with Crippen LogP contribution in [0.3, 0.4) is 0 Å². The average molecular weight is 208 g/mol. The molecule has 0 aromatic carbocycles. The summed E-state index contributed by atoms with van der Waals surface area (Å²) in [5, 5.41) is 3.67. The summed E-state index contributed by atoms with van der Waals surface area (Å²) in [5.74, 6) is 0.833. The second kappa shape index (κ2) is 4.67. The summed E-state index contributed by atoms with van der Waals surface area (Å²) in [7, 11) is 0. The fourth-order valence-corrected chi connectivity index (χ4v) is 2.58. The molecule has 0 aromatic rings. The first-order valence-corrected chi connectivity index (χ1v) is 6.37. The molecule has 0 spiro atoms. The van der Waals surface area contributed by atoms with Crippen LogP contribution < -0.4 is 11.1 Å². The van der Waals surface area contributed by atoms with Crippen molar-refractivity contribution in [2.24, 2.45) is 11.7 Å². The van der Waals surface area contributed by atoms with Gasteiger partial charge in [0.15, 0.2) is 0 Å². The average Bonchev–Trinajstić information content (AvgIpc) is 2.98. The first-order chi connectivity index (χ1) is 7.24. The first kappa shape index (κ1) is 11.2. The molecule has 1 fully saturated rings. The molecule has 2 nitrogen and oxygen atoms in total. The first-order valence-electron chi connectivity index (χ1n) is 6.37. The number of allylic oxidation sites excluding steroid dienone is 1. The Morgan fingerprint density at radius 2 is 2.33 bits per heavy atom. The molecule has 0 aliphatic heterocycles. The SMILES string of the molecule is CC(CN)(NCCC1=CCCC1)C1CC1. The number of hydrogen-bond donors (Lipinski definition) is 2. The number of nitrogens with two attached hydrogens (primary N) is 1. The molecule has 3 N–H and O–H groups in total. The van der Waals surface area contributed by atoms with Gasteiger partial charge in [-0.2, -0.15) is 0 Å². The van der Waals surface area contributed by atoms with Crippen LogP contribution in [0.5, 0.6) is 0 Å². The van der Waals surface area contributed by atoms with Crippen LogP contribution in [0.2, 0.25) is 0 Å². The normalized spacial score (nSPS) is 25.1. The second-order valence-electron chi connectivity index (χ2n) is 5.33. The molecule has 1 unspecified atom stereocenters. The van der Waals surface area contributed by atoms with E-state index in [-0.39, 0.29) is 5.54 Å². The van der Waals surface area contributed by atoms with Crippen molar-refractivity contribution in [3.05, 3.63) is 11.6 Å². The molecule has 0 radical (unpaired) electrons. The molecule has 0 aromatic heterocycles. The second-order valence-corrected chi connectivity index (χ2v) is 5.33. The van der Waals surface area contributed by atoms with Gasteiger partial charge in [-0.3, -0.25) is 0 Å². The van der Waals surface area contributed by atoms with Gasteiger partial charge >= 0.3 is 0 Å². The van der Waals surface area contributed by atoms with Gasteiger partial charge in [0.2, 0.25) is 0 Å². The van der Waals surface area contributed by atoms with Crippen molar-refractivity contribution in [3.63, 3.8) is 0 Å². The summed E-state index contributed by atoms with van der Waals surface area (Å²) in [5.41, 5.74) is 7.72. The van der Waals surface area contributed by atoms with Crippen LogP contribution in [0, 0.1) is 5.92 Å². The lowest BCUT2D eigenvalue weighted by atomic mass is 9.95. The van der Waals surface area contributed by atoms with Crippen molar-refractivity contribution in [2.45, 2.75) is 51.0 Å². The molecule has 0 heterocycles. The highest BCUT2D eigenvalue weighted by molar-refractivity contribution is 5.08. The monoisotopic (exact) mass is 208 g/mol. The summed E-state index contributed by atoms with van der Waals surface area (Å²) in [6.45, 7) is 4.17. The third kappa shape index (κ3) is 2.82. The number of nitrogens with one attached hydrogen (secondary N) is 1. The fraction of sp³-hybridized carbons (Fsp3) is 0.846. The quantitative estimate of drug-likeness (QED) is 0.657. The zero-order valence-electron chi connectivity index (χ0n) is 9.89. The molecule has 0 saturated heterocycles. The lowest BCUT2D eigenvalue weighted by molar-refractivity contribution is 0.321. The third-order valence-electron chi connectivity index (χ3n) is 4.01. The molecule has 0 bridgehead atoms. The lowest BCUT2D eigenvalue weighted by Crippen LogP contribution is -2.50. The summed E-state index contributed by atoms with van der Waals surface area (Å²) in [6, 6.07) is 0. The van der Waals surface area contributed by atoms with Gasteiger partial charge in [0, 0.05) is 12.1 Å². The van der Waals surface area contributed by atoms with Crippen molar-refractivity contribution in [2.75, 3.05) is 13.1 Å². The van der Waals surface area contributed by atoms with E-state index in [1.165, 1.54) is 38.5 Å². The zero-order chi connectivity index (χ0) is 10.7. The van der Waals surface area contributed by atoms with Gasteiger partial charge in [-0.05, 0) is 57.9 Å². The minimum Gasteiger partial charge on any atom is -0.329 e. The summed E-state index contributed by atoms with van der Waals surface area (Å²) < 4.78 is 0. The topological polar surface area (TPSA) is 38.0 Å². The molecule has 2 aliphatic carbocycles. The van der Waals surface area contributed by atoms with E-state index in [0.29, 0.717) is 0 Å². The largest absolute Gasteiger partial charge is 0.329 e. The van der Waals surface area contributed by atoms with Gasteiger partial charge < -0.3 is 11.1 Å². The van der Waals surface area contributed by atoms with Crippen molar-refractivity contribution in [3.8, 4) is 0 Å². The van der Waals surface area contributed by atoms with Gasteiger partial charge in [0.1, 0.15) is 0 Å². The summed E-state index contributed by atoms with van der Waals surface area (Å²) >= 11 is 0. The molecule has 86 valence electrons. The standard InChI is InChI=1S/C13H24N2/c1-13(10-14,12-6-7-12)15-9-8-11-4-2-3-5-11/h4,12,15H,2-3,5-10,14H2,1H3. The van der Waals surface area contributed by atoms with Gasteiger partial charge in [-0.1, -0.05) is 11.6 Å². The zero-order valence-corrected chi connectivity index (χ0v) is 9.89. The Balaban J connectivity index is 1.71. The number of rotatable bonds is 6. The Morgan fingerprint density at radius 1 is 1.53 bits per heavy atom. The highest BCUT2D eigenvalue weighted by Crippen LogP contribution is 2.39. The highest BCUT2D eigenvalue weighted by atomic mass is 15.0. The molecule has 2 aliphatic rings. The van der Waals surface area contributed by atoms with Crippen LogP contribution >= 0.6 is 0 Å². The molecule has 1 saturated carbocycles. The van der Waals surface area contributed by atoms with E-state index in [1.807, 2.05) is 0 Å². The van der Waals surface area contributed by atoms with E-state index in [0.717, 1.165) is 19.0 Å². The van der Waals surface area contributed by atoms with E-state index in [9.17, 15) is 0 Å². The Bertz CT molecular complexity index is 243. The number of hydrogen-bond acceptors (Lipinski definition) is 2. The maximum atomic E-state index is 5.87. The third-order valence-corrected chi connectivity index (χ3v) is 4.01. The molecular weight excluding hydrogens is 184 g/mol. The molecular formula is C13H24N2. The van der Waals surface area contributed by atoms with Gasteiger partial charge in [0.25, 0.3) is 0 Å². The van der Waals surface area contributed by atoms with E-state index >= 15 is 0 Å². The molecule has 0 amide bonds. The van der Waals surface area contributed by atoms with E-state index in [4.69, 9.17) is 5.73 Å². The highest BCUT2D eigenvalue weighted by Gasteiger charge is 2.39. The van der Waals surface area contributed by atoms with Crippen LogP contribution in [-0.4, -0.2) is 18.6 Å². The van der Waals surface area contributed by atoms with Gasteiger partial charge in [-0.25, -0.2) is 0 Å². The minimum atomic E-state index is 0.208. The predicted octanol–water partition coefficient (Wildman–Crippen LogP) is 2.20. The molecule has 2 rings (SSSR count). The van der Waals surface area contributed by atoms with Crippen LogP contribution in [-0.2, 0) is 0 Å². The Kier molecular flexibility index (Phi) is 3.47. The van der Waals surface area contributed by atoms with Crippen LogP contribution in [0.25, 0.3) is 0 Å². The predicted molar refractivity (Wildman–Crippen MR) is 64.7 cm³/mol. The molecule has 15 heavy (non-hydrogen) atoms. The Labute approximate surface area is 93.3 Å². The van der Waals surface area contributed by atoms with Crippen molar-refractivity contribution < 1.29 is 0 Å². The minimum absolute atomic E-state index is 0.208. The maximum Gasteiger partial charge on any atom is 0.0304 e. The van der Waals surface area contributed by atoms with Crippen LogP contribution in [0.1, 0.15) is 45.4 Å². The van der Waals surface area contributed by atoms with E-state index < -0.39 is 0 Å². The molecule has 2 heteroatoms. The van der Waals surface area contributed by atoms with Crippen molar-refractivity contribution in [1.82, 2.24) is 5.32 Å². The van der Waals surface area contributed by atoms with Crippen LogP contribution in [0.15, 0.2) is 11.6 Å². The Morgan fingerprint density at radius 3 is 2.87 bits per heavy atom. The summed E-state index contributed by atoms with van der Waals surface area (Å²) in [4.78, 5) is 0. The van der Waals surface area contributed by atoms with Crippen molar-refractivity contribution in [1.29, 1.82) is 0 Å². The maximum absolute atomic E-state index is 5.87. The van der Waals surface area contributed by atoms with Crippen LogP contribution in [0.4, 0.5) is 0 Å². The van der Waals surface area contributed by atoms with Crippen molar-refractivity contribution >= 4 is 0 Å². The van der Waals surface area contributed by atoms with E-state index in [2.05, 4.69) is 18.3 Å². The Hall–Kier alpha value is -0.340. The molecule has 1 atom stereocenters. The summed E-state index contributed by atoms with van der Waals surface area (Å²) in [6.07, 6.45) is 10.4. The smallest absolute Gasteiger partial charge is 0.0304 e. The lowest BCUT2D eigenvalue weighted by Gasteiger charge is -2.29. The van der Waals surface area contributed by atoms with E-state index in [1.54, 1.807) is 5.57 Å².